The Kier molecular flexibility index (Phi) is 6.20. The van der Waals surface area contributed by atoms with E-state index in [-0.39, 0.29) is 11.5 Å². The summed E-state index contributed by atoms with van der Waals surface area (Å²) in [6.07, 6.45) is 1.44. The molecule has 4 aromatic rings. The Hall–Kier alpha value is -3.65. The summed E-state index contributed by atoms with van der Waals surface area (Å²) in [7, 11) is 3.07. The van der Waals surface area contributed by atoms with Crippen LogP contribution >= 0.6 is 11.3 Å². The maximum absolute atomic E-state index is 13.5. The molecule has 0 saturated carbocycles. The van der Waals surface area contributed by atoms with E-state index in [1.165, 1.54) is 29.3 Å². The van der Waals surface area contributed by atoms with Gasteiger partial charge < -0.3 is 14.8 Å². The standard InChI is InChI=1S/C25H25N3O4S/c1-14-6-8-18(15(2)10-14)19-12-33-24-22(19)25(30)28(13-26-24)16(3)23(29)27-17-7-9-20(31-4)21(11-17)32-5/h6-13,16H,1-5H3,(H,27,29). The number of nitrogens with zero attached hydrogens (tertiary/aromatic N) is 2. The van der Waals surface area contributed by atoms with Gasteiger partial charge in [-0.15, -0.1) is 11.3 Å². The number of amides is 1. The number of aromatic nitrogens is 2. The van der Waals surface area contributed by atoms with E-state index >= 15 is 0 Å². The number of aryl methyl sites for hydroxylation is 2. The molecule has 1 amide bonds. The molecule has 0 aliphatic heterocycles. The molecule has 0 aliphatic rings. The lowest BCUT2D eigenvalue weighted by atomic mass is 9.99. The molecule has 4 rings (SSSR count). The number of nitrogens with one attached hydrogen (secondary N) is 1. The Morgan fingerprint density at radius 3 is 2.52 bits per heavy atom. The van der Waals surface area contributed by atoms with Crippen molar-refractivity contribution in [1.29, 1.82) is 0 Å². The zero-order valence-corrected chi connectivity index (χ0v) is 19.9. The molecule has 33 heavy (non-hydrogen) atoms. The van der Waals surface area contributed by atoms with Crippen LogP contribution in [0, 0.1) is 13.8 Å². The van der Waals surface area contributed by atoms with Gasteiger partial charge in [0.25, 0.3) is 5.56 Å². The summed E-state index contributed by atoms with van der Waals surface area (Å²) in [5.74, 6) is 0.721. The van der Waals surface area contributed by atoms with Crippen molar-refractivity contribution in [2.75, 3.05) is 19.5 Å². The molecule has 1 unspecified atom stereocenters. The second-order valence-corrected chi connectivity index (χ2v) is 8.70. The molecule has 0 fully saturated rings. The van der Waals surface area contributed by atoms with Gasteiger partial charge in [-0.25, -0.2) is 4.98 Å². The van der Waals surface area contributed by atoms with E-state index in [0.29, 0.717) is 27.4 Å². The third-order valence-electron chi connectivity index (χ3n) is 5.64. The summed E-state index contributed by atoms with van der Waals surface area (Å²) in [6.45, 7) is 5.74. The minimum atomic E-state index is -0.769. The van der Waals surface area contributed by atoms with Crippen LogP contribution in [0.1, 0.15) is 24.1 Å². The smallest absolute Gasteiger partial charge is 0.263 e. The van der Waals surface area contributed by atoms with Crippen molar-refractivity contribution in [2.24, 2.45) is 0 Å². The molecule has 2 aromatic heterocycles. The Morgan fingerprint density at radius 2 is 1.82 bits per heavy atom. The molecule has 1 N–H and O–H groups in total. The molecule has 7 nitrogen and oxygen atoms in total. The van der Waals surface area contributed by atoms with E-state index < -0.39 is 6.04 Å². The van der Waals surface area contributed by atoms with Crippen molar-refractivity contribution in [3.63, 3.8) is 0 Å². The average molecular weight is 464 g/mol. The number of hydrogen-bond acceptors (Lipinski definition) is 6. The van der Waals surface area contributed by atoms with Gasteiger partial charge in [0.1, 0.15) is 10.9 Å². The van der Waals surface area contributed by atoms with Crippen molar-refractivity contribution < 1.29 is 14.3 Å². The van der Waals surface area contributed by atoms with Crippen molar-refractivity contribution in [3.8, 4) is 22.6 Å². The molecule has 170 valence electrons. The number of methoxy groups -OCH3 is 2. The maximum Gasteiger partial charge on any atom is 0.263 e. The number of rotatable bonds is 6. The molecule has 0 saturated heterocycles. The molecular weight excluding hydrogens is 438 g/mol. The summed E-state index contributed by atoms with van der Waals surface area (Å²) in [5.41, 5.74) is 4.37. The second-order valence-electron chi connectivity index (χ2n) is 7.84. The molecule has 0 radical (unpaired) electrons. The largest absolute Gasteiger partial charge is 0.493 e. The Bertz CT molecular complexity index is 1410. The zero-order chi connectivity index (χ0) is 23.7. The highest BCUT2D eigenvalue weighted by Crippen LogP contribution is 2.33. The third-order valence-corrected chi connectivity index (χ3v) is 6.53. The van der Waals surface area contributed by atoms with Crippen LogP contribution in [0.25, 0.3) is 21.3 Å². The first-order valence-corrected chi connectivity index (χ1v) is 11.3. The highest BCUT2D eigenvalue weighted by Gasteiger charge is 2.21. The highest BCUT2D eigenvalue weighted by molar-refractivity contribution is 7.17. The Balaban J connectivity index is 1.69. The van der Waals surface area contributed by atoms with E-state index in [1.807, 2.05) is 31.4 Å². The summed E-state index contributed by atoms with van der Waals surface area (Å²) in [4.78, 5) is 31.5. The SMILES string of the molecule is COc1ccc(NC(=O)C(C)n2cnc3scc(-c4ccc(C)cc4C)c3c2=O)cc1OC. The maximum atomic E-state index is 13.5. The van der Waals surface area contributed by atoms with Crippen LogP contribution in [0.15, 0.2) is 52.9 Å². The topological polar surface area (TPSA) is 82.5 Å². The lowest BCUT2D eigenvalue weighted by molar-refractivity contribution is -0.118. The van der Waals surface area contributed by atoms with Gasteiger partial charge in [0.05, 0.1) is 25.9 Å². The first-order chi connectivity index (χ1) is 15.8. The number of hydrogen-bond donors (Lipinski definition) is 1. The van der Waals surface area contributed by atoms with Gasteiger partial charge in [0, 0.05) is 22.7 Å². The Labute approximate surface area is 195 Å². The van der Waals surface area contributed by atoms with Crippen molar-refractivity contribution in [3.05, 3.63) is 69.6 Å². The summed E-state index contributed by atoms with van der Waals surface area (Å²) < 4.78 is 11.9. The predicted octanol–water partition coefficient (Wildman–Crippen LogP) is 4.96. The van der Waals surface area contributed by atoms with Crippen molar-refractivity contribution >= 4 is 33.1 Å². The molecule has 0 spiro atoms. The van der Waals surface area contributed by atoms with Crippen LogP contribution in [0.2, 0.25) is 0 Å². The fourth-order valence-electron chi connectivity index (χ4n) is 3.82. The highest BCUT2D eigenvalue weighted by atomic mass is 32.1. The summed E-state index contributed by atoms with van der Waals surface area (Å²) >= 11 is 1.42. The van der Waals surface area contributed by atoms with Gasteiger partial charge in [-0.1, -0.05) is 23.8 Å². The van der Waals surface area contributed by atoms with Crippen molar-refractivity contribution in [2.45, 2.75) is 26.8 Å². The number of benzene rings is 2. The quantitative estimate of drug-likeness (QED) is 0.437. The van der Waals surface area contributed by atoms with Gasteiger partial charge in [0.15, 0.2) is 11.5 Å². The molecule has 0 bridgehead atoms. The van der Waals surface area contributed by atoms with Gasteiger partial charge in [-0.05, 0) is 44.0 Å². The monoisotopic (exact) mass is 463 g/mol. The molecular formula is C25H25N3O4S. The number of ether oxygens (including phenoxy) is 2. The third kappa shape index (κ3) is 4.21. The molecule has 2 heterocycles. The fourth-order valence-corrected chi connectivity index (χ4v) is 4.72. The number of thiophene rings is 1. The summed E-state index contributed by atoms with van der Waals surface area (Å²) in [6, 6.07) is 10.5. The van der Waals surface area contributed by atoms with E-state index in [2.05, 4.69) is 16.4 Å². The molecule has 0 aliphatic carbocycles. The van der Waals surface area contributed by atoms with E-state index in [0.717, 1.165) is 22.3 Å². The van der Waals surface area contributed by atoms with Crippen LogP contribution < -0.4 is 20.3 Å². The first-order valence-electron chi connectivity index (χ1n) is 10.4. The van der Waals surface area contributed by atoms with E-state index in [9.17, 15) is 9.59 Å². The van der Waals surface area contributed by atoms with Gasteiger partial charge in [-0.2, -0.15) is 0 Å². The van der Waals surface area contributed by atoms with Crippen LogP contribution in [0.5, 0.6) is 11.5 Å². The van der Waals surface area contributed by atoms with E-state index in [1.54, 1.807) is 32.2 Å². The minimum Gasteiger partial charge on any atom is -0.493 e. The van der Waals surface area contributed by atoms with Gasteiger partial charge >= 0.3 is 0 Å². The normalized spacial score (nSPS) is 11.9. The lowest BCUT2D eigenvalue weighted by Crippen LogP contribution is -2.31. The number of carbonyl (C=O) groups excluding carboxylic acids is 1. The first kappa shape index (κ1) is 22.5. The average Bonchev–Trinajstić information content (AvgIpc) is 3.23. The van der Waals surface area contributed by atoms with Crippen LogP contribution in [-0.4, -0.2) is 29.7 Å². The minimum absolute atomic E-state index is 0.244. The molecule has 8 heteroatoms. The van der Waals surface area contributed by atoms with Gasteiger partial charge in [0.2, 0.25) is 5.91 Å². The predicted molar refractivity (Wildman–Crippen MR) is 132 cm³/mol. The number of fused-ring (bicyclic) bond motifs is 1. The number of carbonyl (C=O) groups is 1. The van der Waals surface area contributed by atoms with Crippen LogP contribution in [0.4, 0.5) is 5.69 Å². The second kappa shape index (κ2) is 9.07. The summed E-state index contributed by atoms with van der Waals surface area (Å²) in [5, 5.41) is 5.32. The molecule has 2 aromatic carbocycles. The van der Waals surface area contributed by atoms with Crippen molar-refractivity contribution in [1.82, 2.24) is 9.55 Å². The fraction of sp³-hybridized carbons (Fsp3) is 0.240. The Morgan fingerprint density at radius 1 is 1.06 bits per heavy atom. The molecule has 1 atom stereocenters. The number of anilines is 1. The van der Waals surface area contributed by atoms with Crippen LogP contribution in [-0.2, 0) is 4.79 Å². The van der Waals surface area contributed by atoms with Crippen LogP contribution in [0.3, 0.4) is 0 Å². The lowest BCUT2D eigenvalue weighted by Gasteiger charge is -2.16. The van der Waals surface area contributed by atoms with Gasteiger partial charge in [-0.3, -0.25) is 14.2 Å². The zero-order valence-electron chi connectivity index (χ0n) is 19.1. The van der Waals surface area contributed by atoms with E-state index in [4.69, 9.17) is 9.47 Å².